The molecule has 23 heavy (non-hydrogen) atoms. The third-order valence-electron chi connectivity index (χ3n) is 4.14. The van der Waals surface area contributed by atoms with Gasteiger partial charge in [-0.3, -0.25) is 4.79 Å². The van der Waals surface area contributed by atoms with Gasteiger partial charge in [0.25, 0.3) is 0 Å². The van der Waals surface area contributed by atoms with Crippen LogP contribution < -0.4 is 0 Å². The molecule has 0 fully saturated rings. The Balaban J connectivity index is 0.000000175. The van der Waals surface area contributed by atoms with Crippen molar-refractivity contribution in [3.63, 3.8) is 0 Å². The van der Waals surface area contributed by atoms with Gasteiger partial charge in [-0.2, -0.15) is 0 Å². The second-order valence-electron chi connectivity index (χ2n) is 6.32. The fourth-order valence-corrected chi connectivity index (χ4v) is 2.65. The second-order valence-corrected chi connectivity index (χ2v) is 6.32. The van der Waals surface area contributed by atoms with Crippen molar-refractivity contribution in [2.45, 2.75) is 19.8 Å². The Labute approximate surface area is 138 Å². The van der Waals surface area contributed by atoms with Gasteiger partial charge in [0.15, 0.2) is 0 Å². The van der Waals surface area contributed by atoms with E-state index in [9.17, 15) is 4.79 Å². The normalized spacial score (nSPS) is 12.9. The first kappa shape index (κ1) is 17.2. The molecule has 0 saturated carbocycles. The number of aliphatic carboxylic acids is 1. The number of hydrogen-bond acceptors (Lipinski definition) is 2. The Morgan fingerprint density at radius 3 is 1.96 bits per heavy atom. The number of hydrogen-bond donors (Lipinski definition) is 1. The highest BCUT2D eigenvalue weighted by molar-refractivity contribution is 5.76. The van der Waals surface area contributed by atoms with Crippen molar-refractivity contribution in [3.05, 3.63) is 59.7 Å². The Bertz CT molecular complexity index is 621. The highest BCUT2D eigenvalue weighted by Gasteiger charge is 2.15. The van der Waals surface area contributed by atoms with Crippen molar-refractivity contribution in [1.82, 2.24) is 4.90 Å². The van der Waals surface area contributed by atoms with Crippen LogP contribution in [0.25, 0.3) is 11.1 Å². The predicted molar refractivity (Wildman–Crippen MR) is 94.7 cm³/mol. The van der Waals surface area contributed by atoms with Gasteiger partial charge in [0.1, 0.15) is 0 Å². The highest BCUT2D eigenvalue weighted by Crippen LogP contribution is 2.35. The summed E-state index contributed by atoms with van der Waals surface area (Å²) in [6.07, 6.45) is 1.83. The van der Waals surface area contributed by atoms with Crippen LogP contribution in [0.5, 0.6) is 0 Å². The van der Waals surface area contributed by atoms with E-state index < -0.39 is 5.97 Å². The first-order valence-electron chi connectivity index (χ1n) is 8.02. The maximum atomic E-state index is 10.3. The summed E-state index contributed by atoms with van der Waals surface area (Å²) in [6.45, 7) is 2.57. The molecule has 1 aliphatic carbocycles. The second kappa shape index (κ2) is 7.93. The van der Waals surface area contributed by atoms with E-state index in [-0.39, 0.29) is 5.92 Å². The maximum absolute atomic E-state index is 10.3. The summed E-state index contributed by atoms with van der Waals surface area (Å²) in [5.74, 6) is -0.927. The van der Waals surface area contributed by atoms with Gasteiger partial charge in [0, 0.05) is 0 Å². The van der Waals surface area contributed by atoms with Crippen LogP contribution in [0.2, 0.25) is 0 Å². The molecule has 1 aliphatic rings. The zero-order valence-electron chi connectivity index (χ0n) is 14.1. The number of benzene rings is 2. The molecule has 0 aromatic heterocycles. The van der Waals surface area contributed by atoms with Crippen LogP contribution >= 0.6 is 0 Å². The van der Waals surface area contributed by atoms with E-state index in [2.05, 4.69) is 48.5 Å². The van der Waals surface area contributed by atoms with Crippen molar-refractivity contribution in [1.29, 1.82) is 0 Å². The molecule has 0 radical (unpaired) electrons. The SMILES string of the molecule is CC(CCN(C)C)C(=O)O.c1ccc2c(c1)Cc1ccccc1-2. The van der Waals surface area contributed by atoms with Crippen LogP contribution in [-0.4, -0.2) is 36.6 Å². The molecule has 0 aliphatic heterocycles. The van der Waals surface area contributed by atoms with Gasteiger partial charge in [-0.25, -0.2) is 0 Å². The first-order chi connectivity index (χ1) is 11.0. The minimum absolute atomic E-state index is 0.220. The average Bonchev–Trinajstić information content (AvgIpc) is 2.91. The molecule has 2 aromatic rings. The number of rotatable bonds is 4. The van der Waals surface area contributed by atoms with Gasteiger partial charge in [-0.1, -0.05) is 55.5 Å². The summed E-state index contributed by atoms with van der Waals surface area (Å²) >= 11 is 0. The van der Waals surface area contributed by atoms with E-state index in [1.165, 1.54) is 22.3 Å². The zero-order valence-corrected chi connectivity index (χ0v) is 14.1. The first-order valence-corrected chi connectivity index (χ1v) is 8.02. The van der Waals surface area contributed by atoms with E-state index in [0.29, 0.717) is 0 Å². The lowest BCUT2D eigenvalue weighted by atomic mass is 10.1. The van der Waals surface area contributed by atoms with Crippen LogP contribution in [-0.2, 0) is 11.2 Å². The number of carboxylic acid groups (broad SMARTS) is 1. The minimum atomic E-state index is -0.707. The Hall–Kier alpha value is -2.13. The van der Waals surface area contributed by atoms with Crippen molar-refractivity contribution in [2.24, 2.45) is 5.92 Å². The Morgan fingerprint density at radius 2 is 1.52 bits per heavy atom. The molecular formula is C20H25NO2. The summed E-state index contributed by atoms with van der Waals surface area (Å²) in [7, 11) is 3.88. The number of carbonyl (C=O) groups is 1. The van der Waals surface area contributed by atoms with E-state index in [1.54, 1.807) is 6.92 Å². The molecule has 0 spiro atoms. The summed E-state index contributed by atoms with van der Waals surface area (Å²) in [6, 6.07) is 17.3. The molecule has 3 heteroatoms. The molecule has 0 bridgehead atoms. The minimum Gasteiger partial charge on any atom is -0.481 e. The molecular weight excluding hydrogens is 286 g/mol. The van der Waals surface area contributed by atoms with Crippen molar-refractivity contribution in [2.75, 3.05) is 20.6 Å². The molecule has 0 saturated heterocycles. The third kappa shape index (κ3) is 4.67. The van der Waals surface area contributed by atoms with Gasteiger partial charge >= 0.3 is 5.97 Å². The van der Waals surface area contributed by atoms with Gasteiger partial charge in [0.05, 0.1) is 5.92 Å². The average molecular weight is 311 g/mol. The van der Waals surface area contributed by atoms with Gasteiger partial charge in [0.2, 0.25) is 0 Å². The van der Waals surface area contributed by atoms with E-state index in [1.807, 2.05) is 19.0 Å². The molecule has 1 atom stereocenters. The smallest absolute Gasteiger partial charge is 0.306 e. The largest absolute Gasteiger partial charge is 0.481 e. The summed E-state index contributed by atoms with van der Waals surface area (Å²) in [4.78, 5) is 12.3. The van der Waals surface area contributed by atoms with Crippen molar-refractivity contribution >= 4 is 5.97 Å². The molecule has 122 valence electrons. The highest BCUT2D eigenvalue weighted by atomic mass is 16.4. The fourth-order valence-electron chi connectivity index (χ4n) is 2.65. The fraction of sp³-hybridized carbons (Fsp3) is 0.350. The van der Waals surface area contributed by atoms with E-state index in [4.69, 9.17) is 5.11 Å². The lowest BCUT2D eigenvalue weighted by Crippen LogP contribution is -2.19. The maximum Gasteiger partial charge on any atom is 0.306 e. The van der Waals surface area contributed by atoms with E-state index >= 15 is 0 Å². The molecule has 0 amide bonds. The van der Waals surface area contributed by atoms with Crippen LogP contribution in [0.3, 0.4) is 0 Å². The van der Waals surface area contributed by atoms with Crippen LogP contribution in [0, 0.1) is 5.92 Å². The lowest BCUT2D eigenvalue weighted by Gasteiger charge is -2.10. The predicted octanol–water partition coefficient (Wildman–Crippen LogP) is 3.92. The molecule has 3 nitrogen and oxygen atoms in total. The van der Waals surface area contributed by atoms with Crippen molar-refractivity contribution in [3.8, 4) is 11.1 Å². The number of fused-ring (bicyclic) bond motifs is 3. The molecule has 2 aromatic carbocycles. The van der Waals surface area contributed by atoms with Gasteiger partial charge in [-0.05, 0) is 55.7 Å². The summed E-state index contributed by atoms with van der Waals surface area (Å²) in [5.41, 5.74) is 5.75. The van der Waals surface area contributed by atoms with Crippen molar-refractivity contribution < 1.29 is 9.90 Å². The Morgan fingerprint density at radius 1 is 1.04 bits per heavy atom. The third-order valence-corrected chi connectivity index (χ3v) is 4.14. The number of carboxylic acids is 1. The Kier molecular flexibility index (Phi) is 5.94. The molecule has 3 rings (SSSR count). The molecule has 1 unspecified atom stereocenters. The lowest BCUT2D eigenvalue weighted by molar-refractivity contribution is -0.141. The number of nitrogens with zero attached hydrogens (tertiary/aromatic N) is 1. The summed E-state index contributed by atoms with van der Waals surface area (Å²) in [5, 5.41) is 8.48. The van der Waals surface area contributed by atoms with E-state index in [0.717, 1.165) is 19.4 Å². The quantitative estimate of drug-likeness (QED) is 0.794. The van der Waals surface area contributed by atoms with Gasteiger partial charge in [-0.15, -0.1) is 0 Å². The topological polar surface area (TPSA) is 40.5 Å². The molecule has 0 heterocycles. The van der Waals surface area contributed by atoms with Gasteiger partial charge < -0.3 is 10.0 Å². The zero-order chi connectivity index (χ0) is 16.8. The van der Waals surface area contributed by atoms with Crippen LogP contribution in [0.4, 0.5) is 0 Å². The molecule has 1 N–H and O–H groups in total. The van der Waals surface area contributed by atoms with Crippen LogP contribution in [0.15, 0.2) is 48.5 Å². The van der Waals surface area contributed by atoms with Crippen LogP contribution in [0.1, 0.15) is 24.5 Å². The summed E-state index contributed by atoms with van der Waals surface area (Å²) < 4.78 is 0. The standard InChI is InChI=1S/C13H10.C7H15NO2/c1-3-7-12-10(5-1)9-11-6-2-4-8-13(11)12;1-6(7(9)10)4-5-8(2)3/h1-8H,9H2;6H,4-5H2,1-3H3,(H,9,10). The monoisotopic (exact) mass is 311 g/mol.